The average Bonchev–Trinajstić information content (AvgIpc) is 2.43. The Morgan fingerprint density at radius 1 is 1.14 bits per heavy atom. The largest absolute Gasteiger partial charge is 0.439 e. The molecule has 0 unspecified atom stereocenters. The molecule has 0 amide bonds. The third-order valence-electron chi connectivity index (χ3n) is 3.27. The van der Waals surface area contributed by atoms with E-state index in [-0.39, 0.29) is 0 Å². The zero-order chi connectivity index (χ0) is 15.4. The molecule has 0 aliphatic heterocycles. The van der Waals surface area contributed by atoms with Crippen LogP contribution in [-0.4, -0.2) is 11.0 Å². The smallest absolute Gasteiger partial charge is 0.219 e. The van der Waals surface area contributed by atoms with Crippen molar-refractivity contribution in [3.63, 3.8) is 0 Å². The molecule has 1 aromatic carbocycles. The molecule has 1 aromatic heterocycles. The van der Waals surface area contributed by atoms with Crippen molar-refractivity contribution < 1.29 is 4.74 Å². The molecule has 4 heteroatoms. The number of halogens is 1. The van der Waals surface area contributed by atoms with Gasteiger partial charge in [-0.25, -0.2) is 4.98 Å². The highest BCUT2D eigenvalue weighted by molar-refractivity contribution is 6.31. The first-order chi connectivity index (χ1) is 9.95. The highest BCUT2D eigenvalue weighted by Gasteiger charge is 2.07. The van der Waals surface area contributed by atoms with E-state index in [1.54, 1.807) is 6.07 Å². The Bertz CT molecular complexity index is 626. The summed E-state index contributed by atoms with van der Waals surface area (Å²) in [5.41, 5.74) is 3.24. The van der Waals surface area contributed by atoms with Crippen molar-refractivity contribution in [3.8, 4) is 11.6 Å². The molecule has 1 N–H and O–H groups in total. The van der Waals surface area contributed by atoms with Gasteiger partial charge in [-0.2, -0.15) is 0 Å². The second-order valence-electron chi connectivity index (χ2n) is 5.46. The van der Waals surface area contributed by atoms with Gasteiger partial charge in [-0.05, 0) is 43.2 Å². The molecule has 0 saturated heterocycles. The van der Waals surface area contributed by atoms with E-state index in [0.29, 0.717) is 23.5 Å². The van der Waals surface area contributed by atoms with E-state index in [4.69, 9.17) is 16.3 Å². The minimum absolute atomic E-state index is 0.382. The molecule has 0 radical (unpaired) electrons. The second kappa shape index (κ2) is 6.92. The molecule has 21 heavy (non-hydrogen) atoms. The molecule has 2 rings (SSSR count). The fourth-order valence-electron chi connectivity index (χ4n) is 1.84. The van der Waals surface area contributed by atoms with E-state index >= 15 is 0 Å². The number of aromatic nitrogens is 1. The average molecular weight is 305 g/mol. The van der Waals surface area contributed by atoms with Gasteiger partial charge in [0, 0.05) is 18.7 Å². The highest BCUT2D eigenvalue weighted by atomic mass is 35.5. The minimum Gasteiger partial charge on any atom is -0.439 e. The van der Waals surface area contributed by atoms with Gasteiger partial charge < -0.3 is 10.1 Å². The number of hydrogen-bond acceptors (Lipinski definition) is 3. The highest BCUT2D eigenvalue weighted by Crippen LogP contribution is 2.24. The molecule has 3 nitrogen and oxygen atoms in total. The van der Waals surface area contributed by atoms with Crippen LogP contribution in [0, 0.1) is 13.8 Å². The lowest BCUT2D eigenvalue weighted by molar-refractivity contribution is 0.458. The monoisotopic (exact) mass is 304 g/mol. The van der Waals surface area contributed by atoms with Gasteiger partial charge in [0.05, 0.1) is 10.7 Å². The Hall–Kier alpha value is -1.58. The summed E-state index contributed by atoms with van der Waals surface area (Å²) < 4.78 is 5.82. The summed E-state index contributed by atoms with van der Waals surface area (Å²) in [6.45, 7) is 8.94. The zero-order valence-electron chi connectivity index (χ0n) is 12.9. The third kappa shape index (κ3) is 4.45. The van der Waals surface area contributed by atoms with Gasteiger partial charge in [-0.1, -0.05) is 31.5 Å². The molecular weight excluding hydrogens is 284 g/mol. The summed E-state index contributed by atoms with van der Waals surface area (Å²) in [5.74, 6) is 1.35. The summed E-state index contributed by atoms with van der Waals surface area (Å²) in [5, 5.41) is 3.96. The van der Waals surface area contributed by atoms with E-state index < -0.39 is 0 Å². The minimum atomic E-state index is 0.382. The fourth-order valence-corrected chi connectivity index (χ4v) is 2.02. The van der Waals surface area contributed by atoms with Crippen LogP contribution in [0.5, 0.6) is 11.6 Å². The van der Waals surface area contributed by atoms with Crippen molar-refractivity contribution in [2.45, 2.75) is 40.3 Å². The SMILES string of the molecule is Cc1ccc(Oc2ccc(Cl)c(CNC(C)C)n2)cc1C. The van der Waals surface area contributed by atoms with Crippen molar-refractivity contribution >= 4 is 11.6 Å². The third-order valence-corrected chi connectivity index (χ3v) is 3.62. The number of hydrogen-bond donors (Lipinski definition) is 1. The molecule has 0 aliphatic carbocycles. The first-order valence-corrected chi connectivity index (χ1v) is 7.47. The van der Waals surface area contributed by atoms with Crippen molar-refractivity contribution in [1.82, 2.24) is 10.3 Å². The van der Waals surface area contributed by atoms with Crippen LogP contribution in [0.15, 0.2) is 30.3 Å². The van der Waals surface area contributed by atoms with E-state index in [0.717, 1.165) is 11.4 Å². The summed E-state index contributed by atoms with van der Waals surface area (Å²) >= 11 is 6.17. The van der Waals surface area contributed by atoms with Crippen molar-refractivity contribution in [2.75, 3.05) is 0 Å². The van der Waals surface area contributed by atoms with Crippen LogP contribution in [0.3, 0.4) is 0 Å². The Kier molecular flexibility index (Phi) is 5.21. The standard InChI is InChI=1S/C17H21ClN2O/c1-11(2)19-10-16-15(18)7-8-17(20-16)21-14-6-5-12(3)13(4)9-14/h5-9,11,19H,10H2,1-4H3. The van der Waals surface area contributed by atoms with Crippen LogP contribution in [0.2, 0.25) is 5.02 Å². The molecule has 0 bridgehead atoms. The number of nitrogens with one attached hydrogen (secondary N) is 1. The molecule has 0 atom stereocenters. The van der Waals surface area contributed by atoms with Crippen molar-refractivity contribution in [3.05, 3.63) is 52.2 Å². The maximum atomic E-state index is 6.17. The maximum absolute atomic E-state index is 6.17. The molecular formula is C17H21ClN2O. The second-order valence-corrected chi connectivity index (χ2v) is 5.87. The number of nitrogens with zero attached hydrogens (tertiary/aromatic N) is 1. The summed E-state index contributed by atoms with van der Waals surface area (Å²) in [7, 11) is 0. The van der Waals surface area contributed by atoms with Gasteiger partial charge in [0.2, 0.25) is 5.88 Å². The number of pyridine rings is 1. The quantitative estimate of drug-likeness (QED) is 0.873. The van der Waals surface area contributed by atoms with Gasteiger partial charge >= 0.3 is 0 Å². The van der Waals surface area contributed by atoms with E-state index in [9.17, 15) is 0 Å². The summed E-state index contributed by atoms with van der Waals surface area (Å²) in [4.78, 5) is 4.47. The molecule has 0 saturated carbocycles. The van der Waals surface area contributed by atoms with Gasteiger partial charge in [-0.3, -0.25) is 0 Å². The summed E-state index contributed by atoms with van der Waals surface area (Å²) in [6.07, 6.45) is 0. The van der Waals surface area contributed by atoms with Crippen LogP contribution in [-0.2, 0) is 6.54 Å². The molecule has 2 aromatic rings. The lowest BCUT2D eigenvalue weighted by Crippen LogP contribution is -2.22. The van der Waals surface area contributed by atoms with E-state index in [1.165, 1.54) is 11.1 Å². The Morgan fingerprint density at radius 3 is 2.57 bits per heavy atom. The van der Waals surface area contributed by atoms with Crippen LogP contribution < -0.4 is 10.1 Å². The van der Waals surface area contributed by atoms with Crippen LogP contribution in [0.1, 0.15) is 30.7 Å². The number of aryl methyl sites for hydroxylation is 2. The van der Waals surface area contributed by atoms with Crippen LogP contribution in [0.25, 0.3) is 0 Å². The predicted octanol–water partition coefficient (Wildman–Crippen LogP) is 4.64. The van der Waals surface area contributed by atoms with E-state index in [1.807, 2.05) is 24.3 Å². The maximum Gasteiger partial charge on any atom is 0.219 e. The zero-order valence-corrected chi connectivity index (χ0v) is 13.7. The van der Waals surface area contributed by atoms with Crippen LogP contribution in [0.4, 0.5) is 0 Å². The number of benzene rings is 1. The lowest BCUT2D eigenvalue weighted by Gasteiger charge is -2.11. The molecule has 0 fully saturated rings. The van der Waals surface area contributed by atoms with Crippen molar-refractivity contribution in [2.24, 2.45) is 0 Å². The molecule has 0 aliphatic rings. The number of rotatable bonds is 5. The Labute approximate surface area is 131 Å². The molecule has 1 heterocycles. The predicted molar refractivity (Wildman–Crippen MR) is 87.2 cm³/mol. The Morgan fingerprint density at radius 2 is 1.90 bits per heavy atom. The van der Waals surface area contributed by atoms with Gasteiger partial charge in [-0.15, -0.1) is 0 Å². The van der Waals surface area contributed by atoms with Gasteiger partial charge in [0.25, 0.3) is 0 Å². The molecule has 112 valence electrons. The topological polar surface area (TPSA) is 34.1 Å². The summed E-state index contributed by atoms with van der Waals surface area (Å²) in [6, 6.07) is 10.00. The fraction of sp³-hybridized carbons (Fsp3) is 0.353. The lowest BCUT2D eigenvalue weighted by atomic mass is 10.1. The van der Waals surface area contributed by atoms with Crippen molar-refractivity contribution in [1.29, 1.82) is 0 Å². The number of ether oxygens (including phenoxy) is 1. The Balaban J connectivity index is 2.16. The van der Waals surface area contributed by atoms with Crippen LogP contribution >= 0.6 is 11.6 Å². The first kappa shape index (κ1) is 15.8. The first-order valence-electron chi connectivity index (χ1n) is 7.09. The van der Waals surface area contributed by atoms with E-state index in [2.05, 4.69) is 38.0 Å². The normalized spacial score (nSPS) is 11.0. The van der Waals surface area contributed by atoms with Gasteiger partial charge in [0.1, 0.15) is 5.75 Å². The molecule has 0 spiro atoms. The van der Waals surface area contributed by atoms with Gasteiger partial charge in [0.15, 0.2) is 0 Å².